The van der Waals surface area contributed by atoms with E-state index in [1.165, 1.54) is 31.4 Å². The molecule has 2 saturated carbocycles. The summed E-state index contributed by atoms with van der Waals surface area (Å²) in [5.74, 6) is 0.851. The highest BCUT2D eigenvalue weighted by atomic mass is 19.1. The normalized spacial score (nSPS) is 22.0. The molecule has 0 aromatic heterocycles. The van der Waals surface area contributed by atoms with Gasteiger partial charge in [0.1, 0.15) is 11.6 Å². The summed E-state index contributed by atoms with van der Waals surface area (Å²) in [5.41, 5.74) is -0.141. The monoisotopic (exact) mass is 236 g/mol. The number of ether oxygens (including phenoxy) is 1. The number of halogens is 1. The Bertz CT molecular complexity index is 422. The molecule has 0 atom stereocenters. The smallest absolute Gasteiger partial charge is 0.127 e. The molecule has 1 N–H and O–H groups in total. The standard InChI is InChI=1S/C14H17FO2/c15-12-6-11(14(16)4-5-14)7-13(8-12)17-9-10-2-1-3-10/h6-8,10,16H,1-5,9H2. The number of benzene rings is 1. The molecule has 1 aromatic carbocycles. The van der Waals surface area contributed by atoms with Crippen LogP contribution in [0.25, 0.3) is 0 Å². The number of hydrogen-bond acceptors (Lipinski definition) is 2. The minimum atomic E-state index is -0.795. The lowest BCUT2D eigenvalue weighted by molar-refractivity contribution is 0.149. The predicted octanol–water partition coefficient (Wildman–Crippen LogP) is 2.99. The first-order valence-corrected chi connectivity index (χ1v) is 6.32. The van der Waals surface area contributed by atoms with Crippen LogP contribution >= 0.6 is 0 Å². The molecule has 0 amide bonds. The SMILES string of the molecule is OC1(c2cc(F)cc(OCC3CCC3)c2)CC1. The van der Waals surface area contributed by atoms with Gasteiger partial charge in [0.15, 0.2) is 0 Å². The molecule has 0 unspecified atom stereocenters. The van der Waals surface area contributed by atoms with Crippen molar-refractivity contribution >= 4 is 0 Å². The van der Waals surface area contributed by atoms with Crippen molar-refractivity contribution in [2.24, 2.45) is 5.92 Å². The molecule has 0 saturated heterocycles. The first-order valence-electron chi connectivity index (χ1n) is 6.32. The van der Waals surface area contributed by atoms with Crippen molar-refractivity contribution in [1.29, 1.82) is 0 Å². The molecule has 2 nitrogen and oxygen atoms in total. The van der Waals surface area contributed by atoms with Gasteiger partial charge in [0, 0.05) is 6.07 Å². The third kappa shape index (κ3) is 2.29. The summed E-state index contributed by atoms with van der Waals surface area (Å²) in [6.45, 7) is 0.668. The van der Waals surface area contributed by atoms with Crippen molar-refractivity contribution < 1.29 is 14.2 Å². The molecule has 0 spiro atoms. The number of rotatable bonds is 4. The molecule has 2 fully saturated rings. The summed E-state index contributed by atoms with van der Waals surface area (Å²) in [6.07, 6.45) is 5.15. The van der Waals surface area contributed by atoms with Crippen molar-refractivity contribution in [3.63, 3.8) is 0 Å². The molecule has 3 heteroatoms. The largest absolute Gasteiger partial charge is 0.493 e. The third-order valence-corrected chi connectivity index (χ3v) is 3.84. The van der Waals surface area contributed by atoms with Crippen LogP contribution in [-0.4, -0.2) is 11.7 Å². The van der Waals surface area contributed by atoms with Crippen LogP contribution in [-0.2, 0) is 5.60 Å². The van der Waals surface area contributed by atoms with E-state index in [2.05, 4.69) is 0 Å². The fourth-order valence-corrected chi connectivity index (χ4v) is 2.20. The van der Waals surface area contributed by atoms with Gasteiger partial charge in [0.2, 0.25) is 0 Å². The van der Waals surface area contributed by atoms with Gasteiger partial charge in [-0.05, 0) is 49.3 Å². The quantitative estimate of drug-likeness (QED) is 0.870. The first-order chi connectivity index (χ1) is 8.16. The van der Waals surface area contributed by atoms with Gasteiger partial charge in [-0.15, -0.1) is 0 Å². The topological polar surface area (TPSA) is 29.5 Å². The van der Waals surface area contributed by atoms with E-state index in [1.54, 1.807) is 6.07 Å². The molecule has 1 aromatic rings. The van der Waals surface area contributed by atoms with Gasteiger partial charge in [0.05, 0.1) is 12.2 Å². The molecular weight excluding hydrogens is 219 g/mol. The van der Waals surface area contributed by atoms with Crippen LogP contribution in [0.2, 0.25) is 0 Å². The van der Waals surface area contributed by atoms with Crippen molar-refractivity contribution in [3.8, 4) is 5.75 Å². The Balaban J connectivity index is 1.72. The lowest BCUT2D eigenvalue weighted by Crippen LogP contribution is -2.19. The van der Waals surface area contributed by atoms with Crippen molar-refractivity contribution in [2.45, 2.75) is 37.7 Å². The lowest BCUT2D eigenvalue weighted by Gasteiger charge is -2.25. The van der Waals surface area contributed by atoms with Crippen LogP contribution in [0.5, 0.6) is 5.75 Å². The van der Waals surface area contributed by atoms with E-state index >= 15 is 0 Å². The van der Waals surface area contributed by atoms with E-state index in [0.717, 1.165) is 12.8 Å². The molecule has 2 aliphatic rings. The zero-order valence-electron chi connectivity index (χ0n) is 9.79. The third-order valence-electron chi connectivity index (χ3n) is 3.84. The molecule has 92 valence electrons. The van der Waals surface area contributed by atoms with Gasteiger partial charge in [-0.2, -0.15) is 0 Å². The van der Waals surface area contributed by atoms with E-state index < -0.39 is 5.60 Å². The maximum absolute atomic E-state index is 13.4. The average Bonchev–Trinajstić information content (AvgIpc) is 2.95. The minimum Gasteiger partial charge on any atom is -0.493 e. The summed E-state index contributed by atoms with van der Waals surface area (Å²) in [4.78, 5) is 0. The van der Waals surface area contributed by atoms with Gasteiger partial charge < -0.3 is 9.84 Å². The second kappa shape index (κ2) is 3.98. The van der Waals surface area contributed by atoms with E-state index in [1.807, 2.05) is 0 Å². The highest BCUT2D eigenvalue weighted by molar-refractivity contribution is 5.35. The summed E-state index contributed by atoms with van der Waals surface area (Å²) in [5, 5.41) is 9.96. The van der Waals surface area contributed by atoms with Gasteiger partial charge in [-0.3, -0.25) is 0 Å². The Morgan fingerprint density at radius 2 is 2.06 bits per heavy atom. The van der Waals surface area contributed by atoms with Crippen molar-refractivity contribution in [3.05, 3.63) is 29.6 Å². The average molecular weight is 236 g/mol. The zero-order valence-corrected chi connectivity index (χ0v) is 9.79. The van der Waals surface area contributed by atoms with Crippen molar-refractivity contribution in [2.75, 3.05) is 6.61 Å². The van der Waals surface area contributed by atoms with Gasteiger partial charge in [-0.25, -0.2) is 4.39 Å². The predicted molar refractivity (Wildman–Crippen MR) is 62.4 cm³/mol. The highest BCUT2D eigenvalue weighted by Gasteiger charge is 2.42. The van der Waals surface area contributed by atoms with Crippen LogP contribution < -0.4 is 4.74 Å². The van der Waals surface area contributed by atoms with Crippen LogP contribution in [0.4, 0.5) is 4.39 Å². The van der Waals surface area contributed by atoms with E-state index in [4.69, 9.17) is 4.74 Å². The second-order valence-electron chi connectivity index (χ2n) is 5.32. The van der Waals surface area contributed by atoms with Gasteiger partial charge >= 0.3 is 0 Å². The summed E-state index contributed by atoms with van der Waals surface area (Å²) < 4.78 is 19.0. The highest BCUT2D eigenvalue weighted by Crippen LogP contribution is 2.46. The maximum atomic E-state index is 13.4. The van der Waals surface area contributed by atoms with Gasteiger partial charge in [0.25, 0.3) is 0 Å². The van der Waals surface area contributed by atoms with Crippen molar-refractivity contribution in [1.82, 2.24) is 0 Å². The number of aliphatic hydroxyl groups is 1. The Hall–Kier alpha value is -1.09. The molecule has 17 heavy (non-hydrogen) atoms. The van der Waals surface area contributed by atoms with E-state index in [-0.39, 0.29) is 5.82 Å². The first kappa shape index (κ1) is 11.0. The molecule has 0 heterocycles. The summed E-state index contributed by atoms with van der Waals surface area (Å²) in [6, 6.07) is 4.58. The van der Waals surface area contributed by atoms with Crippen LogP contribution in [0.1, 0.15) is 37.7 Å². The van der Waals surface area contributed by atoms with E-state index in [0.29, 0.717) is 23.8 Å². The Labute approximate surface area is 100 Å². The molecular formula is C14H17FO2. The Morgan fingerprint density at radius 3 is 2.65 bits per heavy atom. The Morgan fingerprint density at radius 1 is 1.29 bits per heavy atom. The Kier molecular flexibility index (Phi) is 2.58. The molecule has 3 rings (SSSR count). The summed E-state index contributed by atoms with van der Waals surface area (Å²) >= 11 is 0. The van der Waals surface area contributed by atoms with Crippen LogP contribution in [0.15, 0.2) is 18.2 Å². The van der Waals surface area contributed by atoms with E-state index in [9.17, 15) is 9.50 Å². The summed E-state index contributed by atoms with van der Waals surface area (Å²) in [7, 11) is 0. The fraction of sp³-hybridized carbons (Fsp3) is 0.571. The molecule has 0 aliphatic heterocycles. The molecule has 0 radical (unpaired) electrons. The number of hydrogen-bond donors (Lipinski definition) is 1. The minimum absolute atomic E-state index is 0.327. The molecule has 0 bridgehead atoms. The maximum Gasteiger partial charge on any atom is 0.127 e. The van der Waals surface area contributed by atoms with Crippen LogP contribution in [0, 0.1) is 11.7 Å². The van der Waals surface area contributed by atoms with Gasteiger partial charge in [-0.1, -0.05) is 6.42 Å². The lowest BCUT2D eigenvalue weighted by atomic mass is 9.86. The van der Waals surface area contributed by atoms with Crippen LogP contribution in [0.3, 0.4) is 0 Å². The molecule has 2 aliphatic carbocycles. The zero-order chi connectivity index (χ0) is 11.9. The fourth-order valence-electron chi connectivity index (χ4n) is 2.20. The second-order valence-corrected chi connectivity index (χ2v) is 5.32.